The molecule has 0 amide bonds. The molecule has 0 spiro atoms. The van der Waals surface area contributed by atoms with E-state index in [1.165, 1.54) is 24.0 Å². The molecule has 2 nitrogen and oxygen atoms in total. The average Bonchev–Trinajstić information content (AvgIpc) is 3.31. The van der Waals surface area contributed by atoms with Crippen LogP contribution in [-0.2, 0) is 0 Å². The van der Waals surface area contributed by atoms with Crippen LogP contribution in [0.15, 0.2) is 54.9 Å². The van der Waals surface area contributed by atoms with E-state index < -0.39 is 0 Å². The Labute approximate surface area is 114 Å². The zero-order chi connectivity index (χ0) is 13.1. The standard InChI is InChI=1S/C17H20N2/c1-13(14-9-11-18-12-10-14)19-17(16-7-8-16)15-5-3-2-4-6-15/h2-6,9-13,16-17,19H,7-8H2,1H3/t13-,17?/m0/s1. The summed E-state index contributed by atoms with van der Waals surface area (Å²) in [5.41, 5.74) is 2.71. The SMILES string of the molecule is C[C@H](NC(c1ccccc1)C1CC1)c1ccncc1. The molecule has 19 heavy (non-hydrogen) atoms. The zero-order valence-electron chi connectivity index (χ0n) is 11.3. The van der Waals surface area contributed by atoms with Crippen molar-refractivity contribution in [2.24, 2.45) is 5.92 Å². The van der Waals surface area contributed by atoms with Gasteiger partial charge in [-0.3, -0.25) is 4.98 Å². The normalized spacial score (nSPS) is 17.9. The molecule has 0 bridgehead atoms. The summed E-state index contributed by atoms with van der Waals surface area (Å²) >= 11 is 0. The van der Waals surface area contributed by atoms with Crippen molar-refractivity contribution in [3.05, 3.63) is 66.0 Å². The summed E-state index contributed by atoms with van der Waals surface area (Å²) in [6, 6.07) is 15.8. The lowest BCUT2D eigenvalue weighted by Crippen LogP contribution is -2.26. The van der Waals surface area contributed by atoms with E-state index in [9.17, 15) is 0 Å². The van der Waals surface area contributed by atoms with Crippen LogP contribution in [-0.4, -0.2) is 4.98 Å². The molecular weight excluding hydrogens is 232 g/mol. The number of hydrogen-bond acceptors (Lipinski definition) is 2. The molecule has 0 radical (unpaired) electrons. The van der Waals surface area contributed by atoms with Gasteiger partial charge in [0, 0.05) is 24.5 Å². The lowest BCUT2D eigenvalue weighted by atomic mass is 10.00. The minimum absolute atomic E-state index is 0.355. The minimum Gasteiger partial charge on any atom is -0.303 e. The number of rotatable bonds is 5. The van der Waals surface area contributed by atoms with E-state index in [0.29, 0.717) is 12.1 Å². The van der Waals surface area contributed by atoms with Crippen LogP contribution in [0.3, 0.4) is 0 Å². The highest BCUT2D eigenvalue weighted by atomic mass is 15.0. The van der Waals surface area contributed by atoms with Gasteiger partial charge in [0.05, 0.1) is 0 Å². The molecule has 1 saturated carbocycles. The maximum atomic E-state index is 4.08. The summed E-state index contributed by atoms with van der Waals surface area (Å²) in [6.07, 6.45) is 6.41. The van der Waals surface area contributed by atoms with Gasteiger partial charge in [-0.15, -0.1) is 0 Å². The molecule has 1 aromatic carbocycles. The monoisotopic (exact) mass is 252 g/mol. The predicted octanol–water partition coefficient (Wildman–Crippen LogP) is 3.88. The first-order chi connectivity index (χ1) is 9.34. The molecule has 2 aromatic rings. The first-order valence-electron chi connectivity index (χ1n) is 7.05. The summed E-state index contributed by atoms with van der Waals surface area (Å²) < 4.78 is 0. The second kappa shape index (κ2) is 5.54. The maximum absolute atomic E-state index is 4.08. The van der Waals surface area contributed by atoms with Gasteiger partial charge >= 0.3 is 0 Å². The van der Waals surface area contributed by atoms with Crippen LogP contribution in [0.25, 0.3) is 0 Å². The fourth-order valence-corrected chi connectivity index (χ4v) is 2.61. The molecule has 1 aromatic heterocycles. The molecular formula is C17H20N2. The minimum atomic E-state index is 0.355. The molecule has 1 heterocycles. The molecule has 0 saturated heterocycles. The lowest BCUT2D eigenvalue weighted by Gasteiger charge is -2.24. The highest BCUT2D eigenvalue weighted by Gasteiger charge is 2.32. The van der Waals surface area contributed by atoms with Crippen molar-refractivity contribution in [1.82, 2.24) is 10.3 Å². The quantitative estimate of drug-likeness (QED) is 0.873. The Hall–Kier alpha value is -1.67. The van der Waals surface area contributed by atoms with Crippen molar-refractivity contribution in [3.63, 3.8) is 0 Å². The topological polar surface area (TPSA) is 24.9 Å². The van der Waals surface area contributed by atoms with Crippen LogP contribution in [0.4, 0.5) is 0 Å². The van der Waals surface area contributed by atoms with Crippen molar-refractivity contribution in [3.8, 4) is 0 Å². The summed E-state index contributed by atoms with van der Waals surface area (Å²) in [7, 11) is 0. The fraction of sp³-hybridized carbons (Fsp3) is 0.353. The highest BCUT2D eigenvalue weighted by molar-refractivity contribution is 5.23. The molecule has 1 aliphatic carbocycles. The number of benzene rings is 1. The summed E-state index contributed by atoms with van der Waals surface area (Å²) in [6.45, 7) is 2.23. The molecule has 0 aliphatic heterocycles. The van der Waals surface area contributed by atoms with Crippen LogP contribution in [0.5, 0.6) is 0 Å². The third kappa shape index (κ3) is 3.02. The number of hydrogen-bond donors (Lipinski definition) is 1. The van der Waals surface area contributed by atoms with E-state index >= 15 is 0 Å². The number of aromatic nitrogens is 1. The highest BCUT2D eigenvalue weighted by Crippen LogP contribution is 2.42. The van der Waals surface area contributed by atoms with Gasteiger partial charge in [-0.1, -0.05) is 30.3 Å². The number of nitrogens with one attached hydrogen (secondary N) is 1. The summed E-state index contributed by atoms with van der Waals surface area (Å²) in [5, 5.41) is 3.78. The Morgan fingerprint density at radius 3 is 2.32 bits per heavy atom. The zero-order valence-corrected chi connectivity index (χ0v) is 11.3. The van der Waals surface area contributed by atoms with Gasteiger partial charge < -0.3 is 5.32 Å². The third-order valence-electron chi connectivity index (χ3n) is 3.89. The Morgan fingerprint density at radius 2 is 1.68 bits per heavy atom. The second-order valence-corrected chi connectivity index (χ2v) is 5.39. The molecule has 2 heteroatoms. The number of pyridine rings is 1. The molecule has 3 rings (SSSR count). The molecule has 1 fully saturated rings. The lowest BCUT2D eigenvalue weighted by molar-refractivity contribution is 0.427. The molecule has 1 aliphatic rings. The van der Waals surface area contributed by atoms with E-state index in [2.05, 4.69) is 59.7 Å². The maximum Gasteiger partial charge on any atom is 0.0353 e. The van der Waals surface area contributed by atoms with Crippen molar-refractivity contribution in [2.45, 2.75) is 31.8 Å². The van der Waals surface area contributed by atoms with Crippen molar-refractivity contribution in [1.29, 1.82) is 0 Å². The van der Waals surface area contributed by atoms with E-state index in [4.69, 9.17) is 0 Å². The molecule has 1 unspecified atom stereocenters. The van der Waals surface area contributed by atoms with Crippen molar-refractivity contribution < 1.29 is 0 Å². The van der Waals surface area contributed by atoms with Gasteiger partial charge in [-0.05, 0) is 48.9 Å². The predicted molar refractivity (Wildman–Crippen MR) is 77.7 cm³/mol. The van der Waals surface area contributed by atoms with Crippen LogP contribution >= 0.6 is 0 Å². The largest absolute Gasteiger partial charge is 0.303 e. The second-order valence-electron chi connectivity index (χ2n) is 5.39. The Bertz CT molecular complexity index is 505. The van der Waals surface area contributed by atoms with Gasteiger partial charge in [0.25, 0.3) is 0 Å². The average molecular weight is 252 g/mol. The Morgan fingerprint density at radius 1 is 1.00 bits per heavy atom. The van der Waals surface area contributed by atoms with Crippen LogP contribution in [0, 0.1) is 5.92 Å². The Kier molecular flexibility index (Phi) is 3.60. The molecule has 98 valence electrons. The van der Waals surface area contributed by atoms with Gasteiger partial charge in [0.1, 0.15) is 0 Å². The third-order valence-corrected chi connectivity index (χ3v) is 3.89. The van der Waals surface area contributed by atoms with Crippen molar-refractivity contribution in [2.75, 3.05) is 0 Å². The van der Waals surface area contributed by atoms with Crippen molar-refractivity contribution >= 4 is 0 Å². The van der Waals surface area contributed by atoms with E-state index in [-0.39, 0.29) is 0 Å². The van der Waals surface area contributed by atoms with Gasteiger partial charge in [-0.25, -0.2) is 0 Å². The first-order valence-corrected chi connectivity index (χ1v) is 7.05. The Balaban J connectivity index is 1.76. The fourth-order valence-electron chi connectivity index (χ4n) is 2.61. The van der Waals surface area contributed by atoms with E-state index in [1.807, 2.05) is 12.4 Å². The smallest absolute Gasteiger partial charge is 0.0353 e. The molecule has 2 atom stereocenters. The summed E-state index contributed by atoms with van der Waals surface area (Å²) in [5.74, 6) is 0.798. The van der Waals surface area contributed by atoms with Gasteiger partial charge in [0.15, 0.2) is 0 Å². The van der Waals surface area contributed by atoms with Crippen LogP contribution in [0.1, 0.15) is 43.0 Å². The van der Waals surface area contributed by atoms with E-state index in [1.54, 1.807) is 0 Å². The van der Waals surface area contributed by atoms with Gasteiger partial charge in [-0.2, -0.15) is 0 Å². The first kappa shape index (κ1) is 12.4. The summed E-state index contributed by atoms with van der Waals surface area (Å²) in [4.78, 5) is 4.08. The molecule has 1 N–H and O–H groups in total. The van der Waals surface area contributed by atoms with E-state index in [0.717, 1.165) is 5.92 Å². The number of nitrogens with zero attached hydrogens (tertiary/aromatic N) is 1. The van der Waals surface area contributed by atoms with Crippen LogP contribution in [0.2, 0.25) is 0 Å². The van der Waals surface area contributed by atoms with Gasteiger partial charge in [0.2, 0.25) is 0 Å². The van der Waals surface area contributed by atoms with Crippen LogP contribution < -0.4 is 5.32 Å².